The number of hydrogen-bond donors (Lipinski definition) is 2. The highest BCUT2D eigenvalue weighted by molar-refractivity contribution is 8.08. The van der Waals surface area contributed by atoms with Crippen molar-refractivity contribution in [3.63, 3.8) is 0 Å². The molecule has 2 heterocycles. The summed E-state index contributed by atoms with van der Waals surface area (Å²) in [7, 11) is 0. The zero-order valence-electron chi connectivity index (χ0n) is 20.2. The third-order valence-corrected chi connectivity index (χ3v) is 7.15. The van der Waals surface area contributed by atoms with Gasteiger partial charge in [-0.25, -0.2) is 4.79 Å². The molecule has 1 atom stereocenters. The molecule has 3 rings (SSSR count). The molecular weight excluding hydrogens is 492 g/mol. The van der Waals surface area contributed by atoms with Gasteiger partial charge in [-0.2, -0.15) is 5.26 Å². The number of thioether (sulfide) groups is 2. The van der Waals surface area contributed by atoms with Crippen molar-refractivity contribution in [3.8, 4) is 6.07 Å². The van der Waals surface area contributed by atoms with Crippen molar-refractivity contribution in [2.75, 3.05) is 23.9 Å². The van der Waals surface area contributed by atoms with Gasteiger partial charge in [0, 0.05) is 34.5 Å². The number of anilines is 1. The molecule has 1 aliphatic rings. The molecule has 1 aromatic carbocycles. The molecule has 36 heavy (non-hydrogen) atoms. The van der Waals surface area contributed by atoms with Crippen LogP contribution in [-0.4, -0.2) is 41.5 Å². The maximum Gasteiger partial charge on any atom is 0.328 e. The first-order chi connectivity index (χ1) is 17.5. The fourth-order valence-electron chi connectivity index (χ4n) is 3.35. The van der Waals surface area contributed by atoms with E-state index in [0.717, 1.165) is 33.5 Å². The molecule has 1 fully saturated rings. The average Bonchev–Trinajstić information content (AvgIpc) is 3.32. The molecule has 0 radical (unpaired) electrons. The topological polar surface area (TPSA) is 104 Å². The quantitative estimate of drug-likeness (QED) is 0.176. The van der Waals surface area contributed by atoms with Gasteiger partial charge in [-0.3, -0.25) is 9.78 Å². The monoisotopic (exact) mass is 520 g/mol. The third kappa shape index (κ3) is 7.77. The molecule has 186 valence electrons. The van der Waals surface area contributed by atoms with E-state index < -0.39 is 12.0 Å². The van der Waals surface area contributed by atoms with E-state index in [2.05, 4.69) is 27.8 Å². The number of nitrogens with zero attached hydrogens (tertiary/aromatic N) is 2. The Bertz CT molecular complexity index is 1190. The predicted molar refractivity (Wildman–Crippen MR) is 147 cm³/mol. The molecule has 1 aliphatic heterocycles. The number of nitrogens with one attached hydrogen (secondary N) is 2. The largest absolute Gasteiger partial charge is 0.464 e. The van der Waals surface area contributed by atoms with Gasteiger partial charge in [-0.1, -0.05) is 18.2 Å². The van der Waals surface area contributed by atoms with Crippen molar-refractivity contribution in [2.45, 2.75) is 25.8 Å². The number of esters is 1. The van der Waals surface area contributed by atoms with E-state index in [1.54, 1.807) is 42.2 Å². The lowest BCUT2D eigenvalue weighted by molar-refractivity contribution is -0.139. The SMILES string of the molecule is C/C=C(\SCC/C=C/C(C#N)=C(/Nc1ccc(C(=O)NC2CCOC2=O)cc1)SC)c1ccccn1. The molecule has 0 bridgehead atoms. The number of allylic oxidation sites excluding steroid dienone is 4. The molecule has 0 spiro atoms. The molecule has 7 nitrogen and oxygen atoms in total. The van der Waals surface area contributed by atoms with Crippen molar-refractivity contribution in [2.24, 2.45) is 0 Å². The van der Waals surface area contributed by atoms with Crippen molar-refractivity contribution < 1.29 is 14.3 Å². The highest BCUT2D eigenvalue weighted by atomic mass is 32.2. The van der Waals surface area contributed by atoms with Crippen molar-refractivity contribution in [3.05, 3.63) is 88.7 Å². The van der Waals surface area contributed by atoms with Gasteiger partial charge in [0.05, 0.1) is 22.9 Å². The van der Waals surface area contributed by atoms with Crippen LogP contribution in [0.4, 0.5) is 5.69 Å². The zero-order chi connectivity index (χ0) is 25.8. The van der Waals surface area contributed by atoms with Crippen LogP contribution in [0.3, 0.4) is 0 Å². The van der Waals surface area contributed by atoms with Crippen molar-refractivity contribution >= 4 is 46.0 Å². The number of rotatable bonds is 11. The summed E-state index contributed by atoms with van der Waals surface area (Å²) in [4.78, 5) is 29.5. The first-order valence-electron chi connectivity index (χ1n) is 11.5. The second kappa shape index (κ2) is 14.2. The van der Waals surface area contributed by atoms with Gasteiger partial charge in [-0.05, 0) is 62.1 Å². The normalized spacial score (nSPS) is 16.3. The minimum absolute atomic E-state index is 0.325. The van der Waals surface area contributed by atoms with Crippen molar-refractivity contribution in [1.29, 1.82) is 5.26 Å². The molecule has 2 aromatic rings. The summed E-state index contributed by atoms with van der Waals surface area (Å²) >= 11 is 3.17. The van der Waals surface area contributed by atoms with Crippen LogP contribution in [0.5, 0.6) is 0 Å². The standard InChI is InChI=1S/C27H28N4O3S2/c1-3-24(22-9-4-6-15-29-22)36-17-7-5-8-20(18-28)26(35-2)30-21-12-10-19(11-13-21)25(32)31-23-14-16-34-27(23)33/h3-6,8-13,15,23,30H,7,14,16-17H2,1-2H3,(H,31,32)/b8-5+,24-3-,26-20+. The molecule has 9 heteroatoms. The van der Waals surface area contributed by atoms with E-state index in [-0.39, 0.29) is 5.91 Å². The lowest BCUT2D eigenvalue weighted by Crippen LogP contribution is -2.37. The fraction of sp³-hybridized carbons (Fsp3) is 0.259. The van der Waals surface area contributed by atoms with Crippen LogP contribution in [0.1, 0.15) is 35.8 Å². The van der Waals surface area contributed by atoms with Gasteiger partial charge in [0.25, 0.3) is 5.91 Å². The first kappa shape index (κ1) is 27.1. The van der Waals surface area contributed by atoms with Gasteiger partial charge in [0.1, 0.15) is 12.1 Å². The summed E-state index contributed by atoms with van der Waals surface area (Å²) in [6.45, 7) is 2.33. The Kier molecular flexibility index (Phi) is 10.7. The van der Waals surface area contributed by atoms with Gasteiger partial charge in [0.15, 0.2) is 0 Å². The average molecular weight is 521 g/mol. The van der Waals surface area contributed by atoms with Crippen LogP contribution in [0, 0.1) is 11.3 Å². The molecule has 0 saturated carbocycles. The van der Waals surface area contributed by atoms with Crippen LogP contribution < -0.4 is 10.6 Å². The Morgan fingerprint density at radius 1 is 1.28 bits per heavy atom. The molecule has 1 amide bonds. The maximum atomic E-state index is 12.4. The van der Waals surface area contributed by atoms with Crippen LogP contribution in [0.25, 0.3) is 4.91 Å². The molecular formula is C27H28N4O3S2. The van der Waals surface area contributed by atoms with Crippen LogP contribution >= 0.6 is 23.5 Å². The molecule has 0 aliphatic carbocycles. The first-order valence-corrected chi connectivity index (χ1v) is 13.7. The Morgan fingerprint density at radius 3 is 2.69 bits per heavy atom. The summed E-state index contributed by atoms with van der Waals surface area (Å²) in [6.07, 6.45) is 10.9. The van der Waals surface area contributed by atoms with Crippen LogP contribution in [-0.2, 0) is 9.53 Å². The van der Waals surface area contributed by atoms with Gasteiger partial charge in [0.2, 0.25) is 0 Å². The van der Waals surface area contributed by atoms with Crippen LogP contribution in [0.2, 0.25) is 0 Å². The van der Waals surface area contributed by atoms with Crippen molar-refractivity contribution in [1.82, 2.24) is 10.3 Å². The Balaban J connectivity index is 1.56. The number of hydrogen-bond acceptors (Lipinski definition) is 8. The molecule has 2 N–H and O–H groups in total. The summed E-state index contributed by atoms with van der Waals surface area (Å²) in [5.41, 5.74) is 2.69. The van der Waals surface area contributed by atoms with Gasteiger partial charge >= 0.3 is 5.97 Å². The van der Waals surface area contributed by atoms with E-state index in [0.29, 0.717) is 24.2 Å². The van der Waals surface area contributed by atoms with Gasteiger partial charge < -0.3 is 15.4 Å². The van der Waals surface area contributed by atoms with E-state index in [9.17, 15) is 14.9 Å². The number of pyridine rings is 1. The number of amides is 1. The van der Waals surface area contributed by atoms with Gasteiger partial charge in [-0.15, -0.1) is 23.5 Å². The molecule has 1 aromatic heterocycles. The number of carbonyl (C=O) groups is 2. The van der Waals surface area contributed by atoms with E-state index in [1.165, 1.54) is 11.8 Å². The van der Waals surface area contributed by atoms with Crippen LogP contribution in [0.15, 0.2) is 77.5 Å². The number of aromatic nitrogens is 1. The van der Waals surface area contributed by atoms with E-state index in [1.807, 2.05) is 43.5 Å². The summed E-state index contributed by atoms with van der Waals surface area (Å²) in [5.74, 6) is 0.145. The summed E-state index contributed by atoms with van der Waals surface area (Å²) < 4.78 is 4.88. The smallest absolute Gasteiger partial charge is 0.328 e. The minimum atomic E-state index is -0.593. The number of nitriles is 1. The lowest BCUT2D eigenvalue weighted by atomic mass is 10.1. The van der Waals surface area contributed by atoms with E-state index in [4.69, 9.17) is 4.74 Å². The fourth-order valence-corrected chi connectivity index (χ4v) is 4.81. The minimum Gasteiger partial charge on any atom is -0.464 e. The molecule has 1 unspecified atom stereocenters. The lowest BCUT2D eigenvalue weighted by Gasteiger charge is -2.12. The zero-order valence-corrected chi connectivity index (χ0v) is 21.8. The second-order valence-corrected chi connectivity index (χ2v) is 9.60. The number of ether oxygens (including phenoxy) is 1. The molecule has 1 saturated heterocycles. The highest BCUT2D eigenvalue weighted by Crippen LogP contribution is 2.27. The Labute approximate surface area is 220 Å². The number of carbonyl (C=O) groups excluding carboxylic acids is 2. The third-order valence-electron chi connectivity index (χ3n) is 5.22. The second-order valence-electron chi connectivity index (χ2n) is 7.65. The highest BCUT2D eigenvalue weighted by Gasteiger charge is 2.28. The Morgan fingerprint density at radius 2 is 2.08 bits per heavy atom. The summed E-state index contributed by atoms with van der Waals surface area (Å²) in [5, 5.41) is 16.3. The van der Waals surface area contributed by atoms with E-state index >= 15 is 0 Å². The summed E-state index contributed by atoms with van der Waals surface area (Å²) in [6, 6.07) is 14.4. The number of cyclic esters (lactones) is 1. The predicted octanol–water partition coefficient (Wildman–Crippen LogP) is 5.38. The Hall–Kier alpha value is -3.48. The number of benzene rings is 1. The maximum absolute atomic E-state index is 12.4.